The van der Waals surface area contributed by atoms with Crippen LogP contribution in [-0.4, -0.2) is 36.3 Å². The third kappa shape index (κ3) is 3.77. The molecule has 0 saturated carbocycles. The SMILES string of the molecule is CCN(CC)c1ncc(CNCCO)s1. The van der Waals surface area contributed by atoms with Gasteiger partial charge in [0.15, 0.2) is 5.13 Å². The molecule has 0 aromatic carbocycles. The molecule has 0 fully saturated rings. The zero-order valence-corrected chi connectivity index (χ0v) is 10.2. The Kier molecular flexibility index (Phi) is 5.60. The second-order valence-electron chi connectivity index (χ2n) is 3.18. The van der Waals surface area contributed by atoms with Crippen LogP contribution in [0.5, 0.6) is 0 Å². The summed E-state index contributed by atoms with van der Waals surface area (Å²) in [7, 11) is 0. The number of nitrogens with one attached hydrogen (secondary N) is 1. The maximum atomic E-state index is 8.63. The van der Waals surface area contributed by atoms with Gasteiger partial charge in [0.2, 0.25) is 0 Å². The molecular formula is C10H19N3OS. The fraction of sp³-hybridized carbons (Fsp3) is 0.700. The Morgan fingerprint density at radius 2 is 2.20 bits per heavy atom. The van der Waals surface area contributed by atoms with Crippen molar-refractivity contribution in [2.75, 3.05) is 31.1 Å². The van der Waals surface area contributed by atoms with Gasteiger partial charge in [-0.15, -0.1) is 11.3 Å². The molecule has 1 rings (SSSR count). The zero-order valence-electron chi connectivity index (χ0n) is 9.36. The van der Waals surface area contributed by atoms with E-state index in [1.165, 1.54) is 4.88 Å². The highest BCUT2D eigenvalue weighted by Gasteiger charge is 2.06. The van der Waals surface area contributed by atoms with Gasteiger partial charge >= 0.3 is 0 Å². The van der Waals surface area contributed by atoms with Crippen LogP contribution in [0, 0.1) is 0 Å². The Morgan fingerprint density at radius 3 is 2.80 bits per heavy atom. The van der Waals surface area contributed by atoms with Crippen molar-refractivity contribution >= 4 is 16.5 Å². The van der Waals surface area contributed by atoms with Gasteiger partial charge in [0.25, 0.3) is 0 Å². The minimum atomic E-state index is 0.182. The zero-order chi connectivity index (χ0) is 11.1. The minimum Gasteiger partial charge on any atom is -0.395 e. The molecule has 0 atom stereocenters. The lowest BCUT2D eigenvalue weighted by Gasteiger charge is -2.16. The fourth-order valence-corrected chi connectivity index (χ4v) is 2.32. The summed E-state index contributed by atoms with van der Waals surface area (Å²) in [5.74, 6) is 0. The van der Waals surface area contributed by atoms with E-state index in [0.29, 0.717) is 6.54 Å². The Labute approximate surface area is 94.9 Å². The topological polar surface area (TPSA) is 48.4 Å². The number of aliphatic hydroxyl groups is 1. The van der Waals surface area contributed by atoms with Gasteiger partial charge in [0.05, 0.1) is 6.61 Å². The number of hydrogen-bond donors (Lipinski definition) is 2. The number of anilines is 1. The van der Waals surface area contributed by atoms with Gasteiger partial charge in [-0.1, -0.05) is 0 Å². The summed E-state index contributed by atoms with van der Waals surface area (Å²) in [5.41, 5.74) is 0. The Hall–Kier alpha value is -0.650. The summed E-state index contributed by atoms with van der Waals surface area (Å²) in [6, 6.07) is 0. The first-order chi connectivity index (χ1) is 7.31. The lowest BCUT2D eigenvalue weighted by molar-refractivity contribution is 0.292. The van der Waals surface area contributed by atoms with Crippen LogP contribution in [0.15, 0.2) is 6.20 Å². The van der Waals surface area contributed by atoms with Crippen LogP contribution in [0.1, 0.15) is 18.7 Å². The molecule has 0 saturated heterocycles. The molecule has 1 aromatic rings. The number of aliphatic hydroxyl groups excluding tert-OH is 1. The standard InChI is InChI=1S/C10H19N3OS/c1-3-13(4-2)10-12-8-9(15-10)7-11-5-6-14/h8,11,14H,3-7H2,1-2H3. The molecule has 1 aromatic heterocycles. The molecule has 1 heterocycles. The quantitative estimate of drug-likeness (QED) is 0.687. The van der Waals surface area contributed by atoms with Gasteiger partial charge in [-0.3, -0.25) is 0 Å². The summed E-state index contributed by atoms with van der Waals surface area (Å²) in [6.07, 6.45) is 1.91. The lowest BCUT2D eigenvalue weighted by atomic mass is 10.5. The molecule has 0 spiro atoms. The van der Waals surface area contributed by atoms with Crippen molar-refractivity contribution in [3.63, 3.8) is 0 Å². The average Bonchev–Trinajstić information content (AvgIpc) is 2.69. The molecule has 86 valence electrons. The second-order valence-corrected chi connectivity index (χ2v) is 4.28. The van der Waals surface area contributed by atoms with Crippen LogP contribution >= 0.6 is 11.3 Å². The van der Waals surface area contributed by atoms with Crippen LogP contribution in [0.3, 0.4) is 0 Å². The third-order valence-electron chi connectivity index (χ3n) is 2.16. The fourth-order valence-electron chi connectivity index (χ4n) is 1.31. The number of aromatic nitrogens is 1. The summed E-state index contributed by atoms with van der Waals surface area (Å²) >= 11 is 1.71. The second kappa shape index (κ2) is 6.76. The highest BCUT2D eigenvalue weighted by molar-refractivity contribution is 7.15. The molecule has 15 heavy (non-hydrogen) atoms. The average molecular weight is 229 g/mol. The predicted molar refractivity (Wildman–Crippen MR) is 64.5 cm³/mol. The first-order valence-electron chi connectivity index (χ1n) is 5.33. The summed E-state index contributed by atoms with van der Waals surface area (Å²) in [4.78, 5) is 7.83. The predicted octanol–water partition coefficient (Wildman–Crippen LogP) is 1.07. The van der Waals surface area contributed by atoms with Gasteiger partial charge in [0.1, 0.15) is 0 Å². The molecule has 0 aliphatic rings. The van der Waals surface area contributed by atoms with Crippen molar-refractivity contribution in [1.29, 1.82) is 0 Å². The van der Waals surface area contributed by atoms with Crippen LogP contribution in [0.25, 0.3) is 0 Å². The van der Waals surface area contributed by atoms with E-state index in [1.807, 2.05) is 6.20 Å². The highest BCUT2D eigenvalue weighted by Crippen LogP contribution is 2.21. The first-order valence-corrected chi connectivity index (χ1v) is 6.14. The number of nitrogens with zero attached hydrogens (tertiary/aromatic N) is 2. The van der Waals surface area contributed by atoms with Crippen molar-refractivity contribution in [2.24, 2.45) is 0 Å². The molecule has 2 N–H and O–H groups in total. The van der Waals surface area contributed by atoms with E-state index in [0.717, 1.165) is 24.8 Å². The van der Waals surface area contributed by atoms with E-state index in [2.05, 4.69) is 29.0 Å². The van der Waals surface area contributed by atoms with Crippen molar-refractivity contribution in [3.8, 4) is 0 Å². The molecule has 4 nitrogen and oxygen atoms in total. The number of hydrogen-bond acceptors (Lipinski definition) is 5. The molecule has 0 amide bonds. The van der Waals surface area contributed by atoms with Gasteiger partial charge < -0.3 is 15.3 Å². The van der Waals surface area contributed by atoms with Crippen molar-refractivity contribution < 1.29 is 5.11 Å². The Balaban J connectivity index is 2.47. The molecular weight excluding hydrogens is 210 g/mol. The van der Waals surface area contributed by atoms with Gasteiger partial charge in [0, 0.05) is 37.3 Å². The molecule has 0 aliphatic carbocycles. The van der Waals surface area contributed by atoms with Gasteiger partial charge in [-0.25, -0.2) is 4.98 Å². The smallest absolute Gasteiger partial charge is 0.185 e. The molecule has 5 heteroatoms. The van der Waals surface area contributed by atoms with E-state index < -0.39 is 0 Å². The lowest BCUT2D eigenvalue weighted by Crippen LogP contribution is -2.21. The normalized spacial score (nSPS) is 10.6. The summed E-state index contributed by atoms with van der Waals surface area (Å²) in [5, 5.41) is 12.9. The minimum absolute atomic E-state index is 0.182. The Bertz CT molecular complexity index is 273. The molecule has 0 bridgehead atoms. The molecule has 0 unspecified atom stereocenters. The molecule has 0 aliphatic heterocycles. The summed E-state index contributed by atoms with van der Waals surface area (Å²) in [6.45, 7) is 7.86. The van der Waals surface area contributed by atoms with Crippen molar-refractivity contribution in [1.82, 2.24) is 10.3 Å². The van der Waals surface area contributed by atoms with E-state index in [1.54, 1.807) is 11.3 Å². The van der Waals surface area contributed by atoms with Crippen LogP contribution < -0.4 is 10.2 Å². The number of thiazole rings is 1. The molecule has 0 radical (unpaired) electrons. The maximum absolute atomic E-state index is 8.63. The van der Waals surface area contributed by atoms with Crippen molar-refractivity contribution in [3.05, 3.63) is 11.1 Å². The van der Waals surface area contributed by atoms with Crippen LogP contribution in [-0.2, 0) is 6.54 Å². The van der Waals surface area contributed by atoms with E-state index in [-0.39, 0.29) is 6.61 Å². The summed E-state index contributed by atoms with van der Waals surface area (Å²) < 4.78 is 0. The van der Waals surface area contributed by atoms with Crippen molar-refractivity contribution in [2.45, 2.75) is 20.4 Å². The Morgan fingerprint density at radius 1 is 1.47 bits per heavy atom. The maximum Gasteiger partial charge on any atom is 0.185 e. The van der Waals surface area contributed by atoms with E-state index in [9.17, 15) is 0 Å². The first kappa shape index (κ1) is 12.4. The van der Waals surface area contributed by atoms with Crippen LogP contribution in [0.4, 0.5) is 5.13 Å². The van der Waals surface area contributed by atoms with E-state index >= 15 is 0 Å². The largest absolute Gasteiger partial charge is 0.395 e. The monoisotopic (exact) mass is 229 g/mol. The highest BCUT2D eigenvalue weighted by atomic mass is 32.1. The van der Waals surface area contributed by atoms with E-state index in [4.69, 9.17) is 5.11 Å². The van der Waals surface area contributed by atoms with Gasteiger partial charge in [-0.2, -0.15) is 0 Å². The van der Waals surface area contributed by atoms with Crippen LogP contribution in [0.2, 0.25) is 0 Å². The number of rotatable bonds is 7. The van der Waals surface area contributed by atoms with Gasteiger partial charge in [-0.05, 0) is 13.8 Å². The third-order valence-corrected chi connectivity index (χ3v) is 3.22.